The van der Waals surface area contributed by atoms with Crippen LogP contribution in [0.15, 0.2) is 48.5 Å². The first-order chi connectivity index (χ1) is 11.5. The van der Waals surface area contributed by atoms with Crippen molar-refractivity contribution < 1.29 is 9.59 Å². The van der Waals surface area contributed by atoms with Crippen molar-refractivity contribution in [3.05, 3.63) is 70.8 Å². The van der Waals surface area contributed by atoms with Crippen molar-refractivity contribution in [2.45, 2.75) is 37.2 Å². The predicted octanol–water partition coefficient (Wildman–Crippen LogP) is 4.36. The van der Waals surface area contributed by atoms with E-state index in [4.69, 9.17) is 0 Å². The zero-order valence-electron chi connectivity index (χ0n) is 13.8. The molecule has 1 heterocycles. The SMILES string of the molecule is Cc1ccc(C[C@@H]2SC(=O)[C@H](Cc3ccc(C)cc3)SC2=O)cc1. The van der Waals surface area contributed by atoms with Gasteiger partial charge in [0.05, 0.1) is 10.5 Å². The lowest BCUT2D eigenvalue weighted by Crippen LogP contribution is -2.32. The fourth-order valence-corrected chi connectivity index (χ4v) is 5.05. The van der Waals surface area contributed by atoms with Crippen LogP contribution in [0.25, 0.3) is 0 Å². The zero-order valence-corrected chi connectivity index (χ0v) is 15.5. The van der Waals surface area contributed by atoms with E-state index in [1.54, 1.807) is 0 Å². The summed E-state index contributed by atoms with van der Waals surface area (Å²) in [5.41, 5.74) is 4.61. The van der Waals surface area contributed by atoms with Gasteiger partial charge in [0.1, 0.15) is 0 Å². The first kappa shape index (κ1) is 17.3. The summed E-state index contributed by atoms with van der Waals surface area (Å²) in [4.78, 5) is 24.9. The number of rotatable bonds is 4. The van der Waals surface area contributed by atoms with Crippen LogP contribution < -0.4 is 0 Å². The molecule has 3 rings (SSSR count). The Morgan fingerprint density at radius 1 is 0.667 bits per heavy atom. The third-order valence-electron chi connectivity index (χ3n) is 4.13. The monoisotopic (exact) mass is 356 g/mol. The van der Waals surface area contributed by atoms with Crippen LogP contribution in [0.3, 0.4) is 0 Å². The Morgan fingerprint density at radius 2 is 1.00 bits per heavy atom. The summed E-state index contributed by atoms with van der Waals surface area (Å²) in [5, 5.41) is -0.284. The lowest BCUT2D eigenvalue weighted by atomic mass is 10.1. The Labute approximate surface area is 151 Å². The third kappa shape index (κ3) is 4.31. The van der Waals surface area contributed by atoms with Crippen LogP contribution in [0.4, 0.5) is 0 Å². The van der Waals surface area contributed by atoms with E-state index in [0.717, 1.165) is 11.1 Å². The maximum atomic E-state index is 12.5. The van der Waals surface area contributed by atoms with Gasteiger partial charge in [0.15, 0.2) is 0 Å². The summed E-state index contributed by atoms with van der Waals surface area (Å²) < 4.78 is 0. The van der Waals surface area contributed by atoms with Crippen LogP contribution >= 0.6 is 23.5 Å². The van der Waals surface area contributed by atoms with Crippen molar-refractivity contribution in [3.63, 3.8) is 0 Å². The summed E-state index contributed by atoms with van der Waals surface area (Å²) in [5.74, 6) is 0. The lowest BCUT2D eigenvalue weighted by molar-refractivity contribution is -0.114. The summed E-state index contributed by atoms with van der Waals surface area (Å²) in [6.45, 7) is 4.08. The van der Waals surface area contributed by atoms with Gasteiger partial charge in [0, 0.05) is 0 Å². The van der Waals surface area contributed by atoms with Gasteiger partial charge >= 0.3 is 0 Å². The van der Waals surface area contributed by atoms with E-state index in [-0.39, 0.29) is 20.7 Å². The van der Waals surface area contributed by atoms with Crippen molar-refractivity contribution in [1.82, 2.24) is 0 Å². The number of aryl methyl sites for hydroxylation is 2. The van der Waals surface area contributed by atoms with Gasteiger partial charge in [-0.15, -0.1) is 0 Å². The Balaban J connectivity index is 1.63. The van der Waals surface area contributed by atoms with Crippen LogP contribution in [0.1, 0.15) is 22.3 Å². The molecule has 2 aromatic carbocycles. The van der Waals surface area contributed by atoms with Crippen molar-refractivity contribution in [3.8, 4) is 0 Å². The topological polar surface area (TPSA) is 34.1 Å². The van der Waals surface area contributed by atoms with Gasteiger partial charge in [-0.3, -0.25) is 9.59 Å². The van der Waals surface area contributed by atoms with Gasteiger partial charge in [-0.05, 0) is 37.8 Å². The lowest BCUT2D eigenvalue weighted by Gasteiger charge is -2.25. The van der Waals surface area contributed by atoms with E-state index in [1.807, 2.05) is 62.4 Å². The molecule has 0 radical (unpaired) electrons. The summed E-state index contributed by atoms with van der Waals surface area (Å²) in [6.07, 6.45) is 1.25. The minimum Gasteiger partial charge on any atom is -0.286 e. The largest absolute Gasteiger partial charge is 0.286 e. The Morgan fingerprint density at radius 3 is 1.33 bits per heavy atom. The molecular formula is C20H20O2S2. The maximum absolute atomic E-state index is 12.5. The smallest absolute Gasteiger partial charge is 0.203 e. The maximum Gasteiger partial charge on any atom is 0.203 e. The van der Waals surface area contributed by atoms with Crippen LogP contribution in [-0.2, 0) is 22.4 Å². The Bertz CT molecular complexity index is 670. The molecule has 0 N–H and O–H groups in total. The molecule has 0 spiro atoms. The van der Waals surface area contributed by atoms with E-state index >= 15 is 0 Å². The van der Waals surface area contributed by atoms with Crippen molar-refractivity contribution >= 4 is 33.8 Å². The van der Waals surface area contributed by atoms with E-state index in [2.05, 4.69) is 0 Å². The van der Waals surface area contributed by atoms with E-state index in [9.17, 15) is 9.59 Å². The van der Waals surface area contributed by atoms with Crippen molar-refractivity contribution in [2.24, 2.45) is 0 Å². The van der Waals surface area contributed by atoms with Gasteiger partial charge in [-0.1, -0.05) is 83.2 Å². The second-order valence-corrected chi connectivity index (χ2v) is 8.64. The second kappa shape index (κ2) is 7.58. The number of hydrogen-bond donors (Lipinski definition) is 0. The molecule has 2 aromatic rings. The highest BCUT2D eigenvalue weighted by molar-refractivity contribution is 8.25. The van der Waals surface area contributed by atoms with Crippen LogP contribution in [-0.4, -0.2) is 20.7 Å². The highest BCUT2D eigenvalue weighted by Crippen LogP contribution is 2.36. The molecule has 4 heteroatoms. The Kier molecular flexibility index (Phi) is 5.47. The minimum atomic E-state index is -0.264. The highest BCUT2D eigenvalue weighted by Gasteiger charge is 2.36. The highest BCUT2D eigenvalue weighted by atomic mass is 32.2. The number of hydrogen-bond acceptors (Lipinski definition) is 4. The molecule has 0 amide bonds. The molecule has 0 unspecified atom stereocenters. The molecule has 1 fully saturated rings. The zero-order chi connectivity index (χ0) is 17.1. The second-order valence-electron chi connectivity index (χ2n) is 6.23. The van der Waals surface area contributed by atoms with E-state index in [0.29, 0.717) is 12.8 Å². The van der Waals surface area contributed by atoms with Gasteiger partial charge in [-0.2, -0.15) is 0 Å². The summed E-state index contributed by atoms with van der Waals surface area (Å²) in [6, 6.07) is 16.3. The molecule has 1 aliphatic heterocycles. The fourth-order valence-electron chi connectivity index (χ4n) is 2.65. The van der Waals surface area contributed by atoms with E-state index < -0.39 is 0 Å². The molecule has 0 bridgehead atoms. The molecule has 2 atom stereocenters. The minimum absolute atomic E-state index is 0.122. The average Bonchev–Trinajstić information content (AvgIpc) is 2.56. The fraction of sp³-hybridized carbons (Fsp3) is 0.300. The van der Waals surface area contributed by atoms with Gasteiger partial charge in [-0.25, -0.2) is 0 Å². The van der Waals surface area contributed by atoms with Crippen molar-refractivity contribution in [1.29, 1.82) is 0 Å². The number of thioether (sulfide) groups is 2. The first-order valence-corrected chi connectivity index (χ1v) is 9.79. The average molecular weight is 357 g/mol. The molecule has 24 heavy (non-hydrogen) atoms. The normalized spacial score (nSPS) is 21.1. The standard InChI is InChI=1S/C20H20O2S2/c1-13-3-7-15(8-4-13)11-17-19(21)24-18(20(22)23-17)12-16-9-5-14(2)6-10-16/h3-10,17-18H,11-12H2,1-2H3/t17-,18-/m0/s1. The molecule has 0 aliphatic carbocycles. The number of carbonyl (C=O) groups is 2. The molecule has 1 saturated heterocycles. The molecule has 1 aliphatic rings. The van der Waals surface area contributed by atoms with Gasteiger partial charge in [0.25, 0.3) is 0 Å². The Hall–Kier alpha value is -1.52. The molecule has 0 aromatic heterocycles. The molecular weight excluding hydrogens is 336 g/mol. The molecule has 124 valence electrons. The van der Waals surface area contributed by atoms with Gasteiger partial charge in [0.2, 0.25) is 10.2 Å². The first-order valence-electron chi connectivity index (χ1n) is 8.03. The summed E-state index contributed by atoms with van der Waals surface area (Å²) >= 11 is 2.43. The van der Waals surface area contributed by atoms with Crippen LogP contribution in [0.5, 0.6) is 0 Å². The van der Waals surface area contributed by atoms with Crippen LogP contribution in [0.2, 0.25) is 0 Å². The molecule has 0 saturated carbocycles. The number of benzene rings is 2. The number of carbonyl (C=O) groups excluding carboxylic acids is 2. The quantitative estimate of drug-likeness (QED) is 0.815. The van der Waals surface area contributed by atoms with Crippen molar-refractivity contribution in [2.75, 3.05) is 0 Å². The third-order valence-corrected chi connectivity index (χ3v) is 6.79. The van der Waals surface area contributed by atoms with E-state index in [1.165, 1.54) is 34.7 Å². The predicted molar refractivity (Wildman–Crippen MR) is 103 cm³/mol. The summed E-state index contributed by atoms with van der Waals surface area (Å²) in [7, 11) is 0. The van der Waals surface area contributed by atoms with Gasteiger partial charge < -0.3 is 0 Å². The van der Waals surface area contributed by atoms with Crippen LogP contribution in [0, 0.1) is 13.8 Å². The molecule has 2 nitrogen and oxygen atoms in total.